The van der Waals surface area contributed by atoms with Crippen molar-refractivity contribution < 1.29 is 9.47 Å². The lowest BCUT2D eigenvalue weighted by molar-refractivity contribution is 0.310. The first-order chi connectivity index (χ1) is 13.7. The van der Waals surface area contributed by atoms with Gasteiger partial charge < -0.3 is 14.8 Å². The van der Waals surface area contributed by atoms with Crippen molar-refractivity contribution in [2.24, 2.45) is 0 Å². The van der Waals surface area contributed by atoms with Crippen LogP contribution >= 0.6 is 0 Å². The Morgan fingerprint density at radius 3 is 2.61 bits per heavy atom. The Labute approximate surface area is 164 Å². The molecule has 28 heavy (non-hydrogen) atoms. The second-order valence-corrected chi connectivity index (χ2v) is 6.49. The number of hydrogen-bond acceptors (Lipinski definition) is 6. The van der Waals surface area contributed by atoms with E-state index in [1.54, 1.807) is 11.8 Å². The van der Waals surface area contributed by atoms with E-state index in [2.05, 4.69) is 58.1 Å². The number of allylic oxidation sites excluding steroid dienone is 1. The van der Waals surface area contributed by atoms with Crippen molar-refractivity contribution in [3.05, 3.63) is 65.2 Å². The zero-order valence-corrected chi connectivity index (χ0v) is 16.2. The molecule has 1 N–H and O–H groups in total. The number of nitrogens with zero attached hydrogens (tertiary/aromatic N) is 4. The second kappa shape index (κ2) is 7.72. The fraction of sp³-hybridized carbons (Fsp3) is 0.286. The van der Waals surface area contributed by atoms with Crippen LogP contribution in [0.15, 0.2) is 48.5 Å². The van der Waals surface area contributed by atoms with E-state index in [1.807, 2.05) is 25.1 Å². The predicted octanol–water partition coefficient (Wildman–Crippen LogP) is 3.70. The highest BCUT2D eigenvalue weighted by atomic mass is 16.5. The van der Waals surface area contributed by atoms with Crippen LogP contribution in [0.1, 0.15) is 36.6 Å². The molecule has 1 aliphatic rings. The molecule has 0 radical (unpaired) electrons. The number of nitrogens with one attached hydrogen (secondary N) is 1. The molecule has 1 atom stereocenters. The maximum atomic E-state index is 5.64. The summed E-state index contributed by atoms with van der Waals surface area (Å²) in [6.07, 6.45) is 3.14. The van der Waals surface area contributed by atoms with Crippen LogP contribution in [0.3, 0.4) is 0 Å². The van der Waals surface area contributed by atoms with Crippen molar-refractivity contribution in [1.82, 2.24) is 20.2 Å². The van der Waals surface area contributed by atoms with Crippen molar-refractivity contribution in [2.45, 2.75) is 26.3 Å². The molecule has 0 amide bonds. The van der Waals surface area contributed by atoms with Gasteiger partial charge in [-0.3, -0.25) is 0 Å². The standard InChI is InChI=1S/C21H23N5O2/c1-4-14-6-8-15(9-7-14)17-13-18(26-21(22-17)23-24-25-26)16-10-11-19(28-5-2)20(12-16)27-3/h6-13,18H,4-5H2,1-3H3,(H,22,23,25)/t18-/m0/s1. The molecule has 7 heteroatoms. The van der Waals surface area contributed by atoms with Gasteiger partial charge in [-0.2, -0.15) is 4.68 Å². The number of fused-ring (bicyclic) bond motifs is 1. The second-order valence-electron chi connectivity index (χ2n) is 6.49. The lowest BCUT2D eigenvalue weighted by atomic mass is 10.0. The molecule has 2 aromatic carbocycles. The van der Waals surface area contributed by atoms with Crippen LogP contribution in [0.2, 0.25) is 0 Å². The summed E-state index contributed by atoms with van der Waals surface area (Å²) in [5.41, 5.74) is 4.38. The minimum Gasteiger partial charge on any atom is -0.493 e. The highest BCUT2D eigenvalue weighted by Crippen LogP contribution is 2.36. The summed E-state index contributed by atoms with van der Waals surface area (Å²) in [7, 11) is 1.64. The molecule has 0 spiro atoms. The summed E-state index contributed by atoms with van der Waals surface area (Å²) >= 11 is 0. The third kappa shape index (κ3) is 3.31. The normalized spacial score (nSPS) is 15.4. The maximum absolute atomic E-state index is 5.64. The summed E-state index contributed by atoms with van der Waals surface area (Å²) in [5, 5.41) is 15.4. The van der Waals surface area contributed by atoms with Crippen LogP contribution in [-0.4, -0.2) is 33.9 Å². The zero-order chi connectivity index (χ0) is 19.5. The van der Waals surface area contributed by atoms with Crippen molar-refractivity contribution in [3.8, 4) is 11.5 Å². The van der Waals surface area contributed by atoms with Crippen molar-refractivity contribution in [2.75, 3.05) is 19.0 Å². The SMILES string of the molecule is CCOc1ccc([C@@H]2C=C(c3ccc(CC)cc3)Nc3nnnn32)cc1OC. The summed E-state index contributed by atoms with van der Waals surface area (Å²) in [6.45, 7) is 4.68. The summed E-state index contributed by atoms with van der Waals surface area (Å²) < 4.78 is 12.9. The first-order valence-corrected chi connectivity index (χ1v) is 9.40. The molecule has 3 aromatic rings. The van der Waals surface area contributed by atoms with Crippen LogP contribution in [0.25, 0.3) is 5.70 Å². The van der Waals surface area contributed by atoms with Gasteiger partial charge in [0, 0.05) is 5.70 Å². The van der Waals surface area contributed by atoms with Crippen molar-refractivity contribution >= 4 is 11.6 Å². The lowest BCUT2D eigenvalue weighted by Crippen LogP contribution is -2.20. The smallest absolute Gasteiger partial charge is 0.248 e. The predicted molar refractivity (Wildman–Crippen MR) is 108 cm³/mol. The minimum absolute atomic E-state index is 0.156. The van der Waals surface area contributed by atoms with Gasteiger partial charge in [0.2, 0.25) is 5.95 Å². The summed E-state index contributed by atoms with van der Waals surface area (Å²) in [5.74, 6) is 2.02. The number of aryl methyl sites for hydroxylation is 1. The molecule has 1 aromatic heterocycles. The Morgan fingerprint density at radius 1 is 1.07 bits per heavy atom. The average Bonchev–Trinajstić information content (AvgIpc) is 3.22. The first kappa shape index (κ1) is 18.0. The molecule has 0 bridgehead atoms. The molecular formula is C21H23N5O2. The number of tetrazole rings is 1. The van der Waals surface area contributed by atoms with Gasteiger partial charge in [-0.1, -0.05) is 42.4 Å². The minimum atomic E-state index is -0.156. The third-order valence-corrected chi connectivity index (χ3v) is 4.83. The molecule has 0 unspecified atom stereocenters. The van der Waals surface area contributed by atoms with Gasteiger partial charge >= 0.3 is 0 Å². The van der Waals surface area contributed by atoms with E-state index in [-0.39, 0.29) is 6.04 Å². The number of benzene rings is 2. The third-order valence-electron chi connectivity index (χ3n) is 4.83. The highest BCUT2D eigenvalue weighted by Gasteiger charge is 2.25. The number of ether oxygens (including phenoxy) is 2. The van der Waals surface area contributed by atoms with Gasteiger partial charge in [-0.15, -0.1) is 0 Å². The molecule has 1 aliphatic heterocycles. The molecule has 0 saturated heterocycles. The monoisotopic (exact) mass is 377 g/mol. The van der Waals surface area contributed by atoms with Gasteiger partial charge in [0.25, 0.3) is 0 Å². The summed E-state index contributed by atoms with van der Waals surface area (Å²) in [4.78, 5) is 0. The Kier molecular flexibility index (Phi) is 4.97. The van der Waals surface area contributed by atoms with Crippen LogP contribution in [-0.2, 0) is 6.42 Å². The van der Waals surface area contributed by atoms with Gasteiger partial charge in [-0.05, 0) is 58.7 Å². The Morgan fingerprint density at radius 2 is 1.89 bits per heavy atom. The van der Waals surface area contributed by atoms with E-state index in [9.17, 15) is 0 Å². The van der Waals surface area contributed by atoms with E-state index in [4.69, 9.17) is 9.47 Å². The van der Waals surface area contributed by atoms with E-state index in [0.717, 1.165) is 29.0 Å². The van der Waals surface area contributed by atoms with E-state index >= 15 is 0 Å². The van der Waals surface area contributed by atoms with E-state index in [1.165, 1.54) is 5.56 Å². The molecule has 0 fully saturated rings. The van der Waals surface area contributed by atoms with Crippen LogP contribution in [0.5, 0.6) is 11.5 Å². The Bertz CT molecular complexity index is 994. The number of anilines is 1. The molecule has 144 valence electrons. The average molecular weight is 377 g/mol. The van der Waals surface area contributed by atoms with Crippen LogP contribution < -0.4 is 14.8 Å². The number of rotatable bonds is 6. The Balaban J connectivity index is 1.75. The largest absolute Gasteiger partial charge is 0.493 e. The van der Waals surface area contributed by atoms with E-state index < -0.39 is 0 Å². The Hall–Kier alpha value is -3.35. The highest BCUT2D eigenvalue weighted by molar-refractivity contribution is 5.77. The number of hydrogen-bond donors (Lipinski definition) is 1. The molecule has 2 heterocycles. The van der Waals surface area contributed by atoms with Gasteiger partial charge in [-0.25, -0.2) is 0 Å². The van der Waals surface area contributed by atoms with Crippen LogP contribution in [0, 0.1) is 0 Å². The van der Waals surface area contributed by atoms with Gasteiger partial charge in [0.15, 0.2) is 11.5 Å². The van der Waals surface area contributed by atoms with Crippen LogP contribution in [0.4, 0.5) is 5.95 Å². The quantitative estimate of drug-likeness (QED) is 0.706. The first-order valence-electron chi connectivity index (χ1n) is 9.40. The molecule has 0 aliphatic carbocycles. The maximum Gasteiger partial charge on any atom is 0.248 e. The summed E-state index contributed by atoms with van der Waals surface area (Å²) in [6, 6.07) is 14.3. The fourth-order valence-corrected chi connectivity index (χ4v) is 3.32. The van der Waals surface area contributed by atoms with Crippen molar-refractivity contribution in [1.29, 1.82) is 0 Å². The van der Waals surface area contributed by atoms with Gasteiger partial charge in [0.05, 0.1) is 13.7 Å². The lowest BCUT2D eigenvalue weighted by Gasteiger charge is -2.24. The van der Waals surface area contributed by atoms with Crippen molar-refractivity contribution in [3.63, 3.8) is 0 Å². The molecule has 7 nitrogen and oxygen atoms in total. The molecule has 4 rings (SSSR count). The molecular weight excluding hydrogens is 354 g/mol. The number of methoxy groups -OCH3 is 1. The topological polar surface area (TPSA) is 74.1 Å². The zero-order valence-electron chi connectivity index (χ0n) is 16.2. The molecule has 0 saturated carbocycles. The van der Waals surface area contributed by atoms with Gasteiger partial charge in [0.1, 0.15) is 6.04 Å². The van der Waals surface area contributed by atoms with E-state index in [0.29, 0.717) is 18.3 Å². The fourth-order valence-electron chi connectivity index (χ4n) is 3.32. The number of aromatic nitrogens is 4.